The Balaban J connectivity index is 1.70. The first-order chi connectivity index (χ1) is 12.7. The highest BCUT2D eigenvalue weighted by Gasteiger charge is 2.20. The first-order valence-electron chi connectivity index (χ1n) is 8.60. The van der Waals surface area contributed by atoms with Crippen molar-refractivity contribution in [2.24, 2.45) is 0 Å². The maximum atomic E-state index is 5.70. The molecule has 0 radical (unpaired) electrons. The van der Waals surface area contributed by atoms with Crippen LogP contribution in [0.2, 0.25) is 0 Å². The van der Waals surface area contributed by atoms with Crippen LogP contribution < -0.4 is 14.2 Å². The van der Waals surface area contributed by atoms with Gasteiger partial charge in [0.15, 0.2) is 11.5 Å². The minimum Gasteiger partial charge on any atom is -0.496 e. The first-order valence-corrected chi connectivity index (χ1v) is 8.60. The lowest BCUT2D eigenvalue weighted by Crippen LogP contribution is -2.15. The molecule has 0 spiro atoms. The number of fused-ring (bicyclic) bond motifs is 1. The van der Waals surface area contributed by atoms with Crippen LogP contribution in [0, 0.1) is 0 Å². The number of imidazole rings is 1. The zero-order chi connectivity index (χ0) is 18.1. The molecule has 3 heterocycles. The predicted molar refractivity (Wildman–Crippen MR) is 94.9 cm³/mol. The lowest BCUT2D eigenvalue weighted by atomic mass is 10.1. The normalized spacial score (nSPS) is 13.2. The van der Waals surface area contributed by atoms with E-state index in [4.69, 9.17) is 18.7 Å². The van der Waals surface area contributed by atoms with Crippen molar-refractivity contribution < 1.29 is 18.7 Å². The maximum absolute atomic E-state index is 5.70. The lowest BCUT2D eigenvalue weighted by Gasteiger charge is -2.20. The predicted octanol–water partition coefficient (Wildman–Crippen LogP) is 3.49. The Kier molecular flexibility index (Phi) is 4.28. The molecular weight excluding hydrogens is 334 g/mol. The highest BCUT2D eigenvalue weighted by molar-refractivity contribution is 5.70. The van der Waals surface area contributed by atoms with Gasteiger partial charge in [-0.25, -0.2) is 4.98 Å². The van der Waals surface area contributed by atoms with Gasteiger partial charge in [-0.15, -0.1) is 0 Å². The number of methoxy groups -OCH3 is 1. The number of benzene rings is 1. The fourth-order valence-corrected chi connectivity index (χ4v) is 2.94. The summed E-state index contributed by atoms with van der Waals surface area (Å²) in [7, 11) is 1.63. The Hall–Kier alpha value is -2.96. The lowest BCUT2D eigenvalue weighted by molar-refractivity contribution is 0.171. The van der Waals surface area contributed by atoms with Crippen LogP contribution in [-0.4, -0.2) is 35.0 Å². The number of hydrogen-bond acceptors (Lipinski definition) is 6. The van der Waals surface area contributed by atoms with Gasteiger partial charge in [-0.2, -0.15) is 0 Å². The van der Waals surface area contributed by atoms with Crippen LogP contribution in [0.3, 0.4) is 0 Å². The van der Waals surface area contributed by atoms with E-state index >= 15 is 0 Å². The van der Waals surface area contributed by atoms with Crippen molar-refractivity contribution in [3.8, 4) is 28.6 Å². The first kappa shape index (κ1) is 16.5. The molecule has 0 atom stereocenters. The van der Waals surface area contributed by atoms with Crippen molar-refractivity contribution in [2.45, 2.75) is 26.3 Å². The average molecular weight is 355 g/mol. The molecule has 0 unspecified atom stereocenters. The van der Waals surface area contributed by atoms with Crippen molar-refractivity contribution in [3.05, 3.63) is 42.0 Å². The molecule has 0 bridgehead atoms. The number of nitrogens with zero attached hydrogens (tertiary/aromatic N) is 3. The molecule has 2 aromatic heterocycles. The summed E-state index contributed by atoms with van der Waals surface area (Å²) < 4.78 is 24.3. The van der Waals surface area contributed by atoms with E-state index in [1.54, 1.807) is 13.3 Å². The van der Waals surface area contributed by atoms with Crippen molar-refractivity contribution in [1.82, 2.24) is 14.7 Å². The number of ether oxygens (including phenoxy) is 3. The molecule has 0 aliphatic carbocycles. The van der Waals surface area contributed by atoms with Crippen molar-refractivity contribution in [2.75, 3.05) is 20.3 Å². The molecule has 3 aromatic rings. The molecular formula is C19H21N3O4. The summed E-state index contributed by atoms with van der Waals surface area (Å²) >= 11 is 0. The van der Waals surface area contributed by atoms with Gasteiger partial charge in [0.25, 0.3) is 0 Å². The van der Waals surface area contributed by atoms with Crippen LogP contribution in [0.4, 0.5) is 0 Å². The number of rotatable bonds is 5. The number of hydrogen-bond donors (Lipinski definition) is 0. The highest BCUT2D eigenvalue weighted by atomic mass is 16.6. The molecule has 0 N–H and O–H groups in total. The smallest absolute Gasteiger partial charge is 0.165 e. The van der Waals surface area contributed by atoms with Crippen LogP contribution in [0.5, 0.6) is 17.2 Å². The minimum absolute atomic E-state index is 0.302. The Morgan fingerprint density at radius 3 is 2.62 bits per heavy atom. The monoisotopic (exact) mass is 355 g/mol. The van der Waals surface area contributed by atoms with Crippen LogP contribution in [0.25, 0.3) is 11.4 Å². The Morgan fingerprint density at radius 2 is 1.92 bits per heavy atom. The fraction of sp³-hybridized carbons (Fsp3) is 0.368. The Morgan fingerprint density at radius 1 is 1.15 bits per heavy atom. The quantitative estimate of drug-likeness (QED) is 0.698. The summed E-state index contributed by atoms with van der Waals surface area (Å²) in [6.45, 7) is 5.78. The van der Waals surface area contributed by atoms with Crippen LogP contribution in [-0.2, 0) is 6.54 Å². The average Bonchev–Trinajstić information content (AvgIpc) is 3.30. The zero-order valence-electron chi connectivity index (χ0n) is 15.1. The molecule has 1 aromatic carbocycles. The summed E-state index contributed by atoms with van der Waals surface area (Å²) in [5.41, 5.74) is 1.69. The third kappa shape index (κ3) is 3.00. The summed E-state index contributed by atoms with van der Waals surface area (Å²) in [4.78, 5) is 4.51. The molecule has 136 valence electrons. The summed E-state index contributed by atoms with van der Waals surface area (Å²) in [5.74, 6) is 4.02. The second-order valence-electron chi connectivity index (χ2n) is 6.45. The zero-order valence-corrected chi connectivity index (χ0v) is 15.1. The largest absolute Gasteiger partial charge is 0.496 e. The molecule has 0 fully saturated rings. The van der Waals surface area contributed by atoms with E-state index < -0.39 is 0 Å². The van der Waals surface area contributed by atoms with E-state index in [0.29, 0.717) is 42.9 Å². The van der Waals surface area contributed by atoms with Gasteiger partial charge in [-0.05, 0) is 6.07 Å². The van der Waals surface area contributed by atoms with Gasteiger partial charge in [0, 0.05) is 30.4 Å². The van der Waals surface area contributed by atoms with Gasteiger partial charge >= 0.3 is 0 Å². The van der Waals surface area contributed by atoms with E-state index in [1.807, 2.05) is 29.0 Å². The molecule has 4 rings (SSSR count). The maximum Gasteiger partial charge on any atom is 0.165 e. The van der Waals surface area contributed by atoms with Gasteiger partial charge in [-0.1, -0.05) is 19.0 Å². The standard InChI is InChI=1S/C19H21N3O4/c1-12(2)15-8-13(21-26-15)11-22-5-4-20-19(22)14-9-17-18(10-16(14)23-3)25-7-6-24-17/h4-5,8-10,12H,6-7,11H2,1-3H3. The molecule has 1 aliphatic rings. The summed E-state index contributed by atoms with van der Waals surface area (Å²) in [6, 6.07) is 5.74. The molecule has 0 saturated heterocycles. The SMILES string of the molecule is COc1cc2c(cc1-c1nccn1Cc1cc(C(C)C)on1)OCCO2. The van der Waals surface area contributed by atoms with E-state index in [-0.39, 0.29) is 0 Å². The molecule has 0 amide bonds. The third-order valence-electron chi connectivity index (χ3n) is 4.30. The van der Waals surface area contributed by atoms with Gasteiger partial charge in [-0.3, -0.25) is 0 Å². The highest BCUT2D eigenvalue weighted by Crippen LogP contribution is 2.41. The van der Waals surface area contributed by atoms with Gasteiger partial charge in [0.2, 0.25) is 0 Å². The molecule has 0 saturated carbocycles. The van der Waals surface area contributed by atoms with Crippen molar-refractivity contribution in [1.29, 1.82) is 0 Å². The minimum atomic E-state index is 0.302. The van der Waals surface area contributed by atoms with E-state index in [2.05, 4.69) is 24.0 Å². The topological polar surface area (TPSA) is 71.5 Å². The van der Waals surface area contributed by atoms with Gasteiger partial charge in [0.1, 0.15) is 36.2 Å². The van der Waals surface area contributed by atoms with Crippen molar-refractivity contribution >= 4 is 0 Å². The summed E-state index contributed by atoms with van der Waals surface area (Å²) in [5, 5.41) is 4.16. The van der Waals surface area contributed by atoms with Crippen LogP contribution >= 0.6 is 0 Å². The Bertz CT molecular complexity index is 913. The number of aromatic nitrogens is 3. The van der Waals surface area contributed by atoms with Gasteiger partial charge in [0.05, 0.1) is 19.2 Å². The van der Waals surface area contributed by atoms with Crippen molar-refractivity contribution in [3.63, 3.8) is 0 Å². The second-order valence-corrected chi connectivity index (χ2v) is 6.45. The summed E-state index contributed by atoms with van der Waals surface area (Å²) in [6.07, 6.45) is 3.67. The molecule has 26 heavy (non-hydrogen) atoms. The third-order valence-corrected chi connectivity index (χ3v) is 4.30. The molecule has 1 aliphatic heterocycles. The Labute approximate surface area is 151 Å². The van der Waals surface area contributed by atoms with E-state index in [9.17, 15) is 0 Å². The van der Waals surface area contributed by atoms with E-state index in [0.717, 1.165) is 22.8 Å². The van der Waals surface area contributed by atoms with Crippen LogP contribution in [0.1, 0.15) is 31.2 Å². The molecule has 7 nitrogen and oxygen atoms in total. The van der Waals surface area contributed by atoms with E-state index in [1.165, 1.54) is 0 Å². The second kappa shape index (κ2) is 6.74. The van der Waals surface area contributed by atoms with Gasteiger partial charge < -0.3 is 23.3 Å². The van der Waals surface area contributed by atoms with Crippen LogP contribution in [0.15, 0.2) is 35.1 Å². The fourth-order valence-electron chi connectivity index (χ4n) is 2.94. The molecule has 7 heteroatoms.